The van der Waals surface area contributed by atoms with Gasteiger partial charge in [0.05, 0.1) is 6.61 Å². The predicted octanol–water partition coefficient (Wildman–Crippen LogP) is 1.68. The third kappa shape index (κ3) is 4.05. The monoisotopic (exact) mass is 400 g/mol. The number of nitrogen functional groups attached to an aromatic ring is 1. The SMILES string of the molecule is CCOC(=O)N1CCN(c2ncnc(NCc3ccc4c(c3)OCO4)c2N)CC1. The zero-order chi connectivity index (χ0) is 20.2. The Morgan fingerprint density at radius 2 is 2.00 bits per heavy atom. The number of anilines is 3. The van der Waals surface area contributed by atoms with Crippen LogP contribution in [0, 0.1) is 0 Å². The number of benzene rings is 1. The number of piperazine rings is 1. The Labute approximate surface area is 168 Å². The molecule has 29 heavy (non-hydrogen) atoms. The Hall–Kier alpha value is -3.43. The number of nitrogens with zero attached hydrogens (tertiary/aromatic N) is 4. The minimum atomic E-state index is -0.283. The number of carbonyl (C=O) groups excluding carboxylic acids is 1. The van der Waals surface area contributed by atoms with E-state index in [1.807, 2.05) is 18.2 Å². The fourth-order valence-electron chi connectivity index (χ4n) is 3.33. The summed E-state index contributed by atoms with van der Waals surface area (Å²) in [6, 6.07) is 5.78. The molecule has 0 unspecified atom stereocenters. The van der Waals surface area contributed by atoms with Crippen LogP contribution in [0.2, 0.25) is 0 Å². The Morgan fingerprint density at radius 1 is 1.21 bits per heavy atom. The zero-order valence-electron chi connectivity index (χ0n) is 16.3. The first-order valence-corrected chi connectivity index (χ1v) is 9.55. The fourth-order valence-corrected chi connectivity index (χ4v) is 3.33. The number of rotatable bonds is 5. The van der Waals surface area contributed by atoms with Gasteiger partial charge in [-0.1, -0.05) is 6.07 Å². The van der Waals surface area contributed by atoms with E-state index in [4.69, 9.17) is 19.9 Å². The number of hydrogen-bond donors (Lipinski definition) is 2. The third-order valence-corrected chi connectivity index (χ3v) is 4.87. The molecule has 4 rings (SSSR count). The highest BCUT2D eigenvalue weighted by Crippen LogP contribution is 2.33. The van der Waals surface area contributed by atoms with E-state index in [0.717, 1.165) is 17.1 Å². The van der Waals surface area contributed by atoms with Crippen molar-refractivity contribution in [1.29, 1.82) is 0 Å². The molecule has 154 valence electrons. The number of amides is 1. The highest BCUT2D eigenvalue weighted by molar-refractivity contribution is 5.75. The van der Waals surface area contributed by atoms with E-state index in [2.05, 4.69) is 20.2 Å². The molecule has 2 aromatic rings. The van der Waals surface area contributed by atoms with E-state index in [-0.39, 0.29) is 12.9 Å². The van der Waals surface area contributed by atoms with Crippen LogP contribution >= 0.6 is 0 Å². The van der Waals surface area contributed by atoms with Crippen LogP contribution in [-0.2, 0) is 11.3 Å². The number of ether oxygens (including phenoxy) is 3. The van der Waals surface area contributed by atoms with Gasteiger partial charge in [0.1, 0.15) is 12.0 Å². The van der Waals surface area contributed by atoms with Gasteiger partial charge in [-0.2, -0.15) is 0 Å². The topological polar surface area (TPSA) is 115 Å². The molecule has 10 nitrogen and oxygen atoms in total. The van der Waals surface area contributed by atoms with Gasteiger partial charge in [0.15, 0.2) is 23.1 Å². The molecule has 0 aliphatic carbocycles. The van der Waals surface area contributed by atoms with Gasteiger partial charge in [0.2, 0.25) is 6.79 Å². The molecule has 3 heterocycles. The highest BCUT2D eigenvalue weighted by Gasteiger charge is 2.24. The largest absolute Gasteiger partial charge is 0.454 e. The molecular weight excluding hydrogens is 376 g/mol. The summed E-state index contributed by atoms with van der Waals surface area (Å²) in [7, 11) is 0. The second-order valence-electron chi connectivity index (χ2n) is 6.67. The smallest absolute Gasteiger partial charge is 0.409 e. The van der Waals surface area contributed by atoms with Crippen molar-refractivity contribution in [2.24, 2.45) is 0 Å². The van der Waals surface area contributed by atoms with Crippen molar-refractivity contribution in [3.8, 4) is 11.5 Å². The number of nitrogens with one attached hydrogen (secondary N) is 1. The van der Waals surface area contributed by atoms with Gasteiger partial charge >= 0.3 is 6.09 Å². The fraction of sp³-hybridized carbons (Fsp3) is 0.421. The normalized spacial score (nSPS) is 15.3. The number of carbonyl (C=O) groups is 1. The Balaban J connectivity index is 1.39. The molecule has 0 atom stereocenters. The summed E-state index contributed by atoms with van der Waals surface area (Å²) in [6.45, 7) is 5.32. The van der Waals surface area contributed by atoms with Crippen LogP contribution in [-0.4, -0.2) is 60.5 Å². The van der Waals surface area contributed by atoms with Gasteiger partial charge in [-0.15, -0.1) is 0 Å². The molecule has 2 aliphatic heterocycles. The Bertz CT molecular complexity index is 885. The highest BCUT2D eigenvalue weighted by atomic mass is 16.7. The van der Waals surface area contributed by atoms with Crippen LogP contribution in [0.25, 0.3) is 0 Å². The lowest BCUT2D eigenvalue weighted by atomic mass is 10.2. The third-order valence-electron chi connectivity index (χ3n) is 4.87. The molecule has 0 spiro atoms. The van der Waals surface area contributed by atoms with Crippen molar-refractivity contribution in [2.75, 3.05) is 55.5 Å². The molecule has 1 aromatic carbocycles. The summed E-state index contributed by atoms with van der Waals surface area (Å²) >= 11 is 0. The lowest BCUT2D eigenvalue weighted by Crippen LogP contribution is -2.49. The van der Waals surface area contributed by atoms with E-state index in [0.29, 0.717) is 56.7 Å². The summed E-state index contributed by atoms with van der Waals surface area (Å²) in [6.07, 6.45) is 1.21. The van der Waals surface area contributed by atoms with Gasteiger partial charge in [-0.25, -0.2) is 14.8 Å². The van der Waals surface area contributed by atoms with Crippen molar-refractivity contribution in [1.82, 2.24) is 14.9 Å². The van der Waals surface area contributed by atoms with Crippen LogP contribution in [0.1, 0.15) is 12.5 Å². The summed E-state index contributed by atoms with van der Waals surface area (Å²) in [5.41, 5.74) is 7.84. The average Bonchev–Trinajstić information content (AvgIpc) is 3.21. The van der Waals surface area contributed by atoms with Gasteiger partial charge in [0.25, 0.3) is 0 Å². The molecule has 1 fully saturated rings. The molecule has 0 radical (unpaired) electrons. The van der Waals surface area contributed by atoms with Crippen LogP contribution in [0.4, 0.5) is 22.1 Å². The van der Waals surface area contributed by atoms with Gasteiger partial charge in [0, 0.05) is 32.7 Å². The second-order valence-corrected chi connectivity index (χ2v) is 6.67. The molecule has 1 amide bonds. The summed E-state index contributed by atoms with van der Waals surface area (Å²) in [4.78, 5) is 24.2. The number of nitrogens with two attached hydrogens (primary N) is 1. The maximum atomic E-state index is 11.9. The van der Waals surface area contributed by atoms with Crippen molar-refractivity contribution >= 4 is 23.4 Å². The second kappa shape index (κ2) is 8.29. The van der Waals surface area contributed by atoms with Gasteiger partial charge < -0.3 is 35.1 Å². The van der Waals surface area contributed by atoms with Crippen molar-refractivity contribution in [3.63, 3.8) is 0 Å². The van der Waals surface area contributed by atoms with E-state index in [1.165, 1.54) is 6.33 Å². The number of aromatic nitrogens is 2. The van der Waals surface area contributed by atoms with Crippen molar-refractivity contribution in [3.05, 3.63) is 30.1 Å². The van der Waals surface area contributed by atoms with Crippen LogP contribution < -0.4 is 25.4 Å². The van der Waals surface area contributed by atoms with E-state index in [9.17, 15) is 4.79 Å². The Kier molecular flexibility index (Phi) is 5.41. The van der Waals surface area contributed by atoms with Crippen molar-refractivity contribution in [2.45, 2.75) is 13.5 Å². The first-order valence-electron chi connectivity index (χ1n) is 9.55. The Morgan fingerprint density at radius 3 is 2.79 bits per heavy atom. The van der Waals surface area contributed by atoms with Crippen LogP contribution in [0.5, 0.6) is 11.5 Å². The molecule has 3 N–H and O–H groups in total. The first-order chi connectivity index (χ1) is 14.2. The number of fused-ring (bicyclic) bond motifs is 1. The molecule has 0 bridgehead atoms. The van der Waals surface area contributed by atoms with Crippen LogP contribution in [0.15, 0.2) is 24.5 Å². The molecule has 0 saturated carbocycles. The average molecular weight is 400 g/mol. The maximum absolute atomic E-state index is 11.9. The lowest BCUT2D eigenvalue weighted by molar-refractivity contribution is 0.105. The standard InChI is InChI=1S/C19H24N6O4/c1-2-27-19(26)25-7-5-24(6-8-25)18-16(20)17(22-11-23-18)21-10-13-3-4-14-15(9-13)29-12-28-14/h3-4,9,11H,2,5-8,10,12,20H2,1H3,(H,21,22,23). The molecule has 1 saturated heterocycles. The van der Waals surface area contributed by atoms with E-state index in [1.54, 1.807) is 11.8 Å². The molecule has 2 aliphatic rings. The molecule has 10 heteroatoms. The molecule has 1 aromatic heterocycles. The van der Waals surface area contributed by atoms with E-state index < -0.39 is 0 Å². The van der Waals surface area contributed by atoms with Gasteiger partial charge in [-0.3, -0.25) is 0 Å². The summed E-state index contributed by atoms with van der Waals surface area (Å²) in [5.74, 6) is 2.72. The predicted molar refractivity (Wildman–Crippen MR) is 107 cm³/mol. The number of hydrogen-bond acceptors (Lipinski definition) is 9. The maximum Gasteiger partial charge on any atom is 0.409 e. The minimum absolute atomic E-state index is 0.248. The summed E-state index contributed by atoms with van der Waals surface area (Å²) in [5, 5.41) is 3.26. The molecular formula is C19H24N6O4. The minimum Gasteiger partial charge on any atom is -0.454 e. The van der Waals surface area contributed by atoms with Crippen molar-refractivity contribution < 1.29 is 19.0 Å². The zero-order valence-corrected chi connectivity index (χ0v) is 16.3. The lowest BCUT2D eigenvalue weighted by Gasteiger charge is -2.35. The van der Waals surface area contributed by atoms with Crippen LogP contribution in [0.3, 0.4) is 0 Å². The first kappa shape index (κ1) is 18.9. The van der Waals surface area contributed by atoms with E-state index >= 15 is 0 Å². The van der Waals surface area contributed by atoms with Gasteiger partial charge in [-0.05, 0) is 24.6 Å². The quantitative estimate of drug-likeness (QED) is 0.773. The summed E-state index contributed by atoms with van der Waals surface area (Å²) < 4.78 is 15.8.